The normalized spacial score (nSPS) is 11.0. The number of fused-ring (bicyclic) bond motifs is 1. The number of rotatable bonds is 4. The van der Waals surface area contributed by atoms with Crippen LogP contribution in [0.25, 0.3) is 4.96 Å². The van der Waals surface area contributed by atoms with E-state index in [4.69, 9.17) is 11.6 Å². The van der Waals surface area contributed by atoms with Gasteiger partial charge in [0.25, 0.3) is 0 Å². The van der Waals surface area contributed by atoms with Gasteiger partial charge in [-0.2, -0.15) is 0 Å². The van der Waals surface area contributed by atoms with Gasteiger partial charge in [-0.15, -0.1) is 11.3 Å². The zero-order valence-corrected chi connectivity index (χ0v) is 11.6. The Morgan fingerprint density at radius 1 is 1.37 bits per heavy atom. The number of benzene rings is 1. The number of hydrogen-bond donors (Lipinski definition) is 0. The van der Waals surface area contributed by atoms with E-state index >= 15 is 0 Å². The van der Waals surface area contributed by atoms with Crippen LogP contribution < -0.4 is 0 Å². The fourth-order valence-corrected chi connectivity index (χ4v) is 2.93. The summed E-state index contributed by atoms with van der Waals surface area (Å²) in [5.41, 5.74) is 1.76. The molecule has 0 spiro atoms. The number of thiazole rings is 1. The lowest BCUT2D eigenvalue weighted by Gasteiger charge is -2.00. The quantitative estimate of drug-likeness (QED) is 0.738. The van der Waals surface area contributed by atoms with Crippen LogP contribution in [0.2, 0.25) is 5.02 Å². The number of nitrogens with zero attached hydrogens (tertiary/aromatic N) is 2. The van der Waals surface area contributed by atoms with Gasteiger partial charge in [0.15, 0.2) is 4.96 Å². The summed E-state index contributed by atoms with van der Waals surface area (Å²) in [5, 5.41) is 2.63. The lowest BCUT2D eigenvalue weighted by atomic mass is 10.1. The highest BCUT2D eigenvalue weighted by Gasteiger charge is 2.09. The number of carbonyl (C=O) groups excluding carboxylic acids is 1. The highest BCUT2D eigenvalue weighted by molar-refractivity contribution is 7.15. The second-order valence-electron chi connectivity index (χ2n) is 4.35. The van der Waals surface area contributed by atoms with Gasteiger partial charge in [-0.3, -0.25) is 9.20 Å². The number of ketones is 1. The average Bonchev–Trinajstić information content (AvgIpc) is 2.89. The van der Waals surface area contributed by atoms with Gasteiger partial charge >= 0.3 is 0 Å². The minimum atomic E-state index is 0.146. The van der Waals surface area contributed by atoms with Crippen molar-refractivity contribution in [1.82, 2.24) is 9.38 Å². The Balaban J connectivity index is 1.69. The minimum Gasteiger partial charge on any atom is -0.299 e. The molecule has 1 aromatic carbocycles. The van der Waals surface area contributed by atoms with Crippen molar-refractivity contribution >= 4 is 33.7 Å². The van der Waals surface area contributed by atoms with E-state index in [1.165, 1.54) is 0 Å². The first kappa shape index (κ1) is 12.4. The second kappa shape index (κ2) is 5.15. The summed E-state index contributed by atoms with van der Waals surface area (Å²) in [6.07, 6.45) is 4.60. The van der Waals surface area contributed by atoms with Gasteiger partial charge in [-0.05, 0) is 17.7 Å². The first-order chi connectivity index (χ1) is 9.20. The molecule has 0 aliphatic heterocycles. The van der Waals surface area contributed by atoms with E-state index in [0.717, 1.165) is 16.2 Å². The van der Waals surface area contributed by atoms with Gasteiger partial charge in [0, 0.05) is 29.2 Å². The molecule has 0 amide bonds. The molecule has 3 nitrogen and oxygen atoms in total. The molecule has 3 aromatic rings. The van der Waals surface area contributed by atoms with Gasteiger partial charge in [0.2, 0.25) is 0 Å². The van der Waals surface area contributed by atoms with E-state index < -0.39 is 0 Å². The van der Waals surface area contributed by atoms with Crippen molar-refractivity contribution in [1.29, 1.82) is 0 Å². The number of aromatic nitrogens is 2. The standard InChI is InChI=1S/C14H11ClN2OS/c15-11-3-1-2-10(6-11)7-13(18)8-12-9-17-4-5-19-14(17)16-12/h1-6,9H,7-8H2. The Morgan fingerprint density at radius 3 is 3.05 bits per heavy atom. The van der Waals surface area contributed by atoms with Crippen LogP contribution in [-0.2, 0) is 17.6 Å². The molecule has 0 saturated carbocycles. The zero-order chi connectivity index (χ0) is 13.2. The summed E-state index contributed by atoms with van der Waals surface area (Å²) in [6, 6.07) is 7.40. The van der Waals surface area contributed by atoms with Crippen molar-refractivity contribution < 1.29 is 4.79 Å². The molecular weight excluding hydrogens is 280 g/mol. The second-order valence-corrected chi connectivity index (χ2v) is 5.66. The first-order valence-electron chi connectivity index (χ1n) is 5.88. The maximum atomic E-state index is 12.0. The number of halogens is 1. The SMILES string of the molecule is O=C(Cc1cccc(Cl)c1)Cc1cn2ccsc2n1. The predicted octanol–water partition coefficient (Wildman–Crippen LogP) is 3.40. The summed E-state index contributed by atoms with van der Waals surface area (Å²) in [4.78, 5) is 17.3. The molecular formula is C14H11ClN2OS. The van der Waals surface area contributed by atoms with Crippen molar-refractivity contribution in [2.24, 2.45) is 0 Å². The molecule has 2 aromatic heterocycles. The van der Waals surface area contributed by atoms with Crippen molar-refractivity contribution in [3.8, 4) is 0 Å². The van der Waals surface area contributed by atoms with E-state index in [-0.39, 0.29) is 5.78 Å². The van der Waals surface area contributed by atoms with Crippen LogP contribution in [0.15, 0.2) is 42.0 Å². The Kier molecular flexibility index (Phi) is 3.36. The van der Waals surface area contributed by atoms with Crippen molar-refractivity contribution in [3.63, 3.8) is 0 Å². The van der Waals surface area contributed by atoms with Gasteiger partial charge in [-0.1, -0.05) is 23.7 Å². The van der Waals surface area contributed by atoms with Crippen LogP contribution in [0.4, 0.5) is 0 Å². The fourth-order valence-electron chi connectivity index (χ4n) is 2.00. The van der Waals surface area contributed by atoms with Crippen molar-refractivity contribution in [2.75, 3.05) is 0 Å². The molecule has 0 radical (unpaired) electrons. The maximum Gasteiger partial charge on any atom is 0.193 e. The van der Waals surface area contributed by atoms with Gasteiger partial charge < -0.3 is 0 Å². The summed E-state index contributed by atoms with van der Waals surface area (Å²) in [7, 11) is 0. The molecule has 0 unspecified atom stereocenters. The number of carbonyl (C=O) groups is 1. The Morgan fingerprint density at radius 2 is 2.26 bits per heavy atom. The van der Waals surface area contributed by atoms with Gasteiger partial charge in [-0.25, -0.2) is 4.98 Å². The summed E-state index contributed by atoms with van der Waals surface area (Å²) in [5.74, 6) is 0.146. The molecule has 0 fully saturated rings. The summed E-state index contributed by atoms with van der Waals surface area (Å²) < 4.78 is 1.94. The molecule has 2 heterocycles. The lowest BCUT2D eigenvalue weighted by Crippen LogP contribution is -2.06. The smallest absolute Gasteiger partial charge is 0.193 e. The third-order valence-electron chi connectivity index (χ3n) is 2.81. The third kappa shape index (κ3) is 2.85. The molecule has 19 heavy (non-hydrogen) atoms. The molecule has 0 atom stereocenters. The monoisotopic (exact) mass is 290 g/mol. The Hall–Kier alpha value is -1.65. The van der Waals surface area contributed by atoms with Gasteiger partial charge in [0.05, 0.1) is 12.1 Å². The summed E-state index contributed by atoms with van der Waals surface area (Å²) >= 11 is 7.47. The minimum absolute atomic E-state index is 0.146. The lowest BCUT2D eigenvalue weighted by molar-refractivity contribution is -0.117. The zero-order valence-electron chi connectivity index (χ0n) is 10.0. The molecule has 0 bridgehead atoms. The predicted molar refractivity (Wildman–Crippen MR) is 76.9 cm³/mol. The van der Waals surface area contributed by atoms with E-state index in [1.54, 1.807) is 17.4 Å². The molecule has 5 heteroatoms. The molecule has 3 rings (SSSR count). The number of imidazole rings is 1. The van der Waals surface area contributed by atoms with Crippen LogP contribution in [-0.4, -0.2) is 15.2 Å². The van der Waals surface area contributed by atoms with Crippen LogP contribution in [0.1, 0.15) is 11.3 Å². The highest BCUT2D eigenvalue weighted by atomic mass is 35.5. The first-order valence-corrected chi connectivity index (χ1v) is 7.14. The Bertz CT molecular complexity index is 703. The van der Waals surface area contributed by atoms with Crippen LogP contribution in [0.5, 0.6) is 0 Å². The van der Waals surface area contributed by atoms with Crippen molar-refractivity contribution in [3.05, 3.63) is 58.3 Å². The van der Waals surface area contributed by atoms with E-state index in [2.05, 4.69) is 4.98 Å². The number of Topliss-reactive ketones (excluding diaryl/α,β-unsaturated/α-hetero) is 1. The van der Waals surface area contributed by atoms with Gasteiger partial charge in [0.1, 0.15) is 5.78 Å². The van der Waals surface area contributed by atoms with E-state index in [0.29, 0.717) is 17.9 Å². The van der Waals surface area contributed by atoms with E-state index in [1.807, 2.05) is 40.4 Å². The van der Waals surface area contributed by atoms with E-state index in [9.17, 15) is 4.79 Å². The molecule has 0 N–H and O–H groups in total. The fraction of sp³-hybridized carbons (Fsp3) is 0.143. The third-order valence-corrected chi connectivity index (χ3v) is 3.82. The van der Waals surface area contributed by atoms with Crippen LogP contribution in [0, 0.1) is 0 Å². The Labute approximate surface area is 119 Å². The van der Waals surface area contributed by atoms with Crippen LogP contribution >= 0.6 is 22.9 Å². The number of hydrogen-bond acceptors (Lipinski definition) is 3. The largest absolute Gasteiger partial charge is 0.299 e. The van der Waals surface area contributed by atoms with Crippen molar-refractivity contribution in [2.45, 2.75) is 12.8 Å². The average molecular weight is 291 g/mol. The molecule has 0 aliphatic rings. The molecule has 0 saturated heterocycles. The topological polar surface area (TPSA) is 34.4 Å². The maximum absolute atomic E-state index is 12.0. The molecule has 96 valence electrons. The molecule has 0 aliphatic carbocycles. The highest BCUT2D eigenvalue weighted by Crippen LogP contribution is 2.14. The van der Waals surface area contributed by atoms with Crippen LogP contribution in [0.3, 0.4) is 0 Å². The summed E-state index contributed by atoms with van der Waals surface area (Å²) in [6.45, 7) is 0.